The second-order valence-electron chi connectivity index (χ2n) is 4.39. The molecule has 8 heteroatoms. The molecule has 1 aromatic rings. The Kier molecular flexibility index (Phi) is 5.25. The van der Waals surface area contributed by atoms with Gasteiger partial charge < -0.3 is 4.90 Å². The number of halogens is 4. The topological polar surface area (TPSA) is 20.3 Å². The third-order valence-corrected chi connectivity index (χ3v) is 5.25. The average Bonchev–Trinajstić information content (AvgIpc) is 2.79. The van der Waals surface area contributed by atoms with Gasteiger partial charge in [0.2, 0.25) is 0 Å². The van der Waals surface area contributed by atoms with E-state index in [0.717, 1.165) is 33.3 Å². The smallest absolute Gasteiger partial charge is 0.328 e. The van der Waals surface area contributed by atoms with E-state index in [4.69, 9.17) is 11.6 Å². The third-order valence-electron chi connectivity index (χ3n) is 2.85. The molecular formula is C12H13ClF3NOS2. The quantitative estimate of drug-likeness (QED) is 0.775. The summed E-state index contributed by atoms with van der Waals surface area (Å²) in [6.07, 6.45) is -3.53. The summed E-state index contributed by atoms with van der Waals surface area (Å²) in [7, 11) is 0. The van der Waals surface area contributed by atoms with Crippen LogP contribution in [-0.2, 0) is 12.2 Å². The van der Waals surface area contributed by atoms with Crippen LogP contribution in [-0.4, -0.2) is 41.7 Å². The molecule has 1 aliphatic heterocycles. The lowest BCUT2D eigenvalue weighted by atomic mass is 10.2. The Morgan fingerprint density at radius 3 is 2.80 bits per heavy atom. The largest absolute Gasteiger partial charge is 0.406 e. The summed E-state index contributed by atoms with van der Waals surface area (Å²) >= 11 is 8.58. The molecule has 112 valence electrons. The van der Waals surface area contributed by atoms with E-state index in [2.05, 4.69) is 0 Å². The molecule has 2 rings (SSSR count). The van der Waals surface area contributed by atoms with Crippen molar-refractivity contribution in [1.82, 2.24) is 4.90 Å². The van der Waals surface area contributed by atoms with Gasteiger partial charge >= 0.3 is 6.18 Å². The van der Waals surface area contributed by atoms with Gasteiger partial charge in [-0.3, -0.25) is 4.79 Å². The lowest BCUT2D eigenvalue weighted by molar-refractivity contribution is -0.140. The SMILES string of the molecule is O=C(c1cc2c(s1)CCSC2)N(CCCl)CC(F)(F)F. The highest BCUT2D eigenvalue weighted by Crippen LogP contribution is 2.32. The molecule has 0 radical (unpaired) electrons. The van der Waals surface area contributed by atoms with Gasteiger partial charge in [0.05, 0.1) is 4.88 Å². The summed E-state index contributed by atoms with van der Waals surface area (Å²) in [5, 5.41) is 0. The van der Waals surface area contributed by atoms with Crippen LogP contribution in [0.5, 0.6) is 0 Å². The highest BCUT2D eigenvalue weighted by atomic mass is 35.5. The van der Waals surface area contributed by atoms with E-state index in [-0.39, 0.29) is 12.4 Å². The number of carbonyl (C=O) groups excluding carboxylic acids is 1. The van der Waals surface area contributed by atoms with Crippen molar-refractivity contribution in [2.75, 3.05) is 24.7 Å². The summed E-state index contributed by atoms with van der Waals surface area (Å²) in [6.45, 7) is -1.35. The van der Waals surface area contributed by atoms with Crippen LogP contribution in [0.15, 0.2) is 6.07 Å². The van der Waals surface area contributed by atoms with Gasteiger partial charge in [-0.05, 0) is 23.8 Å². The number of thiophene rings is 1. The first kappa shape index (κ1) is 16.0. The number of nitrogens with zero attached hydrogens (tertiary/aromatic N) is 1. The van der Waals surface area contributed by atoms with Crippen LogP contribution in [0, 0.1) is 0 Å². The molecule has 1 aromatic heterocycles. The predicted molar refractivity (Wildman–Crippen MR) is 76.9 cm³/mol. The number of hydrogen-bond acceptors (Lipinski definition) is 3. The normalized spacial score (nSPS) is 15.0. The van der Waals surface area contributed by atoms with Crippen molar-refractivity contribution in [1.29, 1.82) is 0 Å². The van der Waals surface area contributed by atoms with Gasteiger partial charge in [0.1, 0.15) is 6.54 Å². The molecular weight excluding hydrogens is 331 g/mol. The minimum atomic E-state index is -4.41. The molecule has 0 saturated heterocycles. The van der Waals surface area contributed by atoms with E-state index in [1.54, 1.807) is 17.8 Å². The van der Waals surface area contributed by atoms with Crippen LogP contribution in [0.25, 0.3) is 0 Å². The first-order chi connectivity index (χ1) is 9.40. The number of rotatable bonds is 4. The highest BCUT2D eigenvalue weighted by Gasteiger charge is 2.33. The molecule has 0 fully saturated rings. The van der Waals surface area contributed by atoms with Crippen LogP contribution >= 0.6 is 34.7 Å². The van der Waals surface area contributed by atoms with Crippen LogP contribution in [0.1, 0.15) is 20.1 Å². The average molecular weight is 344 g/mol. The molecule has 20 heavy (non-hydrogen) atoms. The van der Waals surface area contributed by atoms with Crippen molar-refractivity contribution in [2.45, 2.75) is 18.3 Å². The van der Waals surface area contributed by atoms with Crippen molar-refractivity contribution >= 4 is 40.6 Å². The molecule has 0 bridgehead atoms. The van der Waals surface area contributed by atoms with E-state index in [1.165, 1.54) is 11.3 Å². The van der Waals surface area contributed by atoms with Gasteiger partial charge in [0.15, 0.2) is 0 Å². The molecule has 0 N–H and O–H groups in total. The Morgan fingerprint density at radius 2 is 2.20 bits per heavy atom. The maximum atomic E-state index is 12.5. The molecule has 2 nitrogen and oxygen atoms in total. The Hall–Kier alpha value is -0.400. The van der Waals surface area contributed by atoms with Gasteiger partial charge in [0.25, 0.3) is 5.91 Å². The van der Waals surface area contributed by atoms with Crippen molar-refractivity contribution in [2.24, 2.45) is 0 Å². The van der Waals surface area contributed by atoms with Gasteiger partial charge in [-0.2, -0.15) is 24.9 Å². The lowest BCUT2D eigenvalue weighted by Crippen LogP contribution is -2.39. The predicted octanol–water partition coefficient (Wildman–Crippen LogP) is 3.78. The van der Waals surface area contributed by atoms with Crippen LogP contribution in [0.2, 0.25) is 0 Å². The fourth-order valence-corrected chi connectivity index (χ4v) is 4.52. The molecule has 0 spiro atoms. The summed E-state index contributed by atoms with van der Waals surface area (Å²) in [5.74, 6) is 1.23. The van der Waals surface area contributed by atoms with E-state index in [0.29, 0.717) is 4.88 Å². The van der Waals surface area contributed by atoms with E-state index in [1.807, 2.05) is 0 Å². The molecule has 0 saturated carbocycles. The monoisotopic (exact) mass is 343 g/mol. The number of carbonyl (C=O) groups is 1. The summed E-state index contributed by atoms with van der Waals surface area (Å²) in [5.41, 5.74) is 1.08. The first-order valence-electron chi connectivity index (χ1n) is 6.02. The standard InChI is InChI=1S/C12H13ClF3NOS2/c13-2-3-17(7-12(14,15)16)11(18)10-5-8-6-19-4-1-9(8)20-10/h5H,1-4,6-7H2. The summed E-state index contributed by atoms with van der Waals surface area (Å²) < 4.78 is 37.5. The Bertz CT molecular complexity index is 466. The molecule has 0 aliphatic carbocycles. The zero-order valence-electron chi connectivity index (χ0n) is 10.5. The molecule has 0 aromatic carbocycles. The molecule has 0 unspecified atom stereocenters. The number of thioether (sulfide) groups is 1. The van der Waals surface area contributed by atoms with Crippen molar-refractivity contribution in [3.8, 4) is 0 Å². The van der Waals surface area contributed by atoms with E-state index >= 15 is 0 Å². The maximum absolute atomic E-state index is 12.5. The van der Waals surface area contributed by atoms with Gasteiger partial charge in [-0.25, -0.2) is 0 Å². The summed E-state index contributed by atoms with van der Waals surface area (Å²) in [4.78, 5) is 14.5. The van der Waals surface area contributed by atoms with Crippen LogP contribution in [0.4, 0.5) is 13.2 Å². The summed E-state index contributed by atoms with van der Waals surface area (Å²) in [6, 6.07) is 1.73. The highest BCUT2D eigenvalue weighted by molar-refractivity contribution is 7.98. The van der Waals surface area contributed by atoms with Crippen molar-refractivity contribution in [3.05, 3.63) is 21.4 Å². The minimum absolute atomic E-state index is 0.0111. The Balaban J connectivity index is 2.16. The fraction of sp³-hybridized carbons (Fsp3) is 0.583. The lowest BCUT2D eigenvalue weighted by Gasteiger charge is -2.22. The fourth-order valence-electron chi connectivity index (χ4n) is 1.98. The number of aryl methyl sites for hydroxylation is 1. The van der Waals surface area contributed by atoms with Gasteiger partial charge in [0, 0.05) is 23.1 Å². The zero-order chi connectivity index (χ0) is 14.8. The number of amides is 1. The molecule has 2 heterocycles. The minimum Gasteiger partial charge on any atom is -0.328 e. The van der Waals surface area contributed by atoms with E-state index < -0.39 is 18.6 Å². The number of alkyl halides is 4. The Morgan fingerprint density at radius 1 is 1.45 bits per heavy atom. The maximum Gasteiger partial charge on any atom is 0.406 e. The number of fused-ring (bicyclic) bond motifs is 1. The van der Waals surface area contributed by atoms with Crippen LogP contribution < -0.4 is 0 Å². The Labute approximate surface area is 128 Å². The number of hydrogen-bond donors (Lipinski definition) is 0. The van der Waals surface area contributed by atoms with E-state index in [9.17, 15) is 18.0 Å². The second kappa shape index (κ2) is 6.58. The van der Waals surface area contributed by atoms with Crippen LogP contribution in [0.3, 0.4) is 0 Å². The van der Waals surface area contributed by atoms with Crippen molar-refractivity contribution in [3.63, 3.8) is 0 Å². The van der Waals surface area contributed by atoms with Gasteiger partial charge in [-0.1, -0.05) is 0 Å². The third kappa shape index (κ3) is 4.05. The second-order valence-corrected chi connectivity index (χ2v) is 7.01. The molecule has 1 aliphatic rings. The molecule has 0 atom stereocenters. The van der Waals surface area contributed by atoms with Gasteiger partial charge in [-0.15, -0.1) is 22.9 Å². The molecule has 1 amide bonds. The first-order valence-corrected chi connectivity index (χ1v) is 8.52. The van der Waals surface area contributed by atoms with Crippen molar-refractivity contribution < 1.29 is 18.0 Å². The zero-order valence-corrected chi connectivity index (χ0v) is 12.9.